The summed E-state index contributed by atoms with van der Waals surface area (Å²) in [5, 5.41) is 9.17. The molecule has 5 nitrogen and oxygen atoms in total. The van der Waals surface area contributed by atoms with Crippen LogP contribution in [0.3, 0.4) is 0 Å². The number of aliphatic carboxylic acids is 1. The van der Waals surface area contributed by atoms with Crippen molar-refractivity contribution in [2.75, 3.05) is 6.54 Å². The number of carboxylic acids is 1. The lowest BCUT2D eigenvalue weighted by Gasteiger charge is -2.28. The number of carboxylic acid groups (broad SMARTS) is 1. The summed E-state index contributed by atoms with van der Waals surface area (Å²) in [4.78, 5) is 23.4. The zero-order valence-corrected chi connectivity index (χ0v) is 9.76. The number of hydrogen-bond acceptors (Lipinski definition) is 3. The van der Waals surface area contributed by atoms with E-state index >= 15 is 0 Å². The Hall–Kier alpha value is -1.10. The minimum Gasteiger partial charge on any atom is -0.480 e. The quantitative estimate of drug-likeness (QED) is 0.686. The third-order valence-corrected chi connectivity index (χ3v) is 2.84. The van der Waals surface area contributed by atoms with Crippen LogP contribution in [0.5, 0.6) is 0 Å². The van der Waals surface area contributed by atoms with E-state index in [2.05, 4.69) is 0 Å². The van der Waals surface area contributed by atoms with Crippen molar-refractivity contribution >= 4 is 12.4 Å². The van der Waals surface area contributed by atoms with Gasteiger partial charge in [0.05, 0.1) is 12.2 Å². The summed E-state index contributed by atoms with van der Waals surface area (Å²) in [5.41, 5.74) is 0. The van der Waals surface area contributed by atoms with E-state index in [1.54, 1.807) is 0 Å². The first-order valence-corrected chi connectivity index (χ1v) is 5.69. The van der Waals surface area contributed by atoms with Gasteiger partial charge in [-0.1, -0.05) is 6.92 Å². The molecule has 0 aliphatic carbocycles. The lowest BCUT2D eigenvalue weighted by atomic mass is 10.1. The predicted molar refractivity (Wildman–Crippen MR) is 58.1 cm³/mol. The van der Waals surface area contributed by atoms with Gasteiger partial charge in [-0.3, -0.25) is 4.79 Å². The Balaban J connectivity index is 2.72. The van der Waals surface area contributed by atoms with Crippen molar-refractivity contribution in [1.29, 1.82) is 0 Å². The molecular weight excluding hydrogens is 210 g/mol. The van der Waals surface area contributed by atoms with Crippen LogP contribution < -0.4 is 0 Å². The summed E-state index contributed by atoms with van der Waals surface area (Å²) in [6.07, 6.45) is 2.62. The first-order chi connectivity index (χ1) is 7.60. The van der Waals surface area contributed by atoms with Crippen molar-refractivity contribution in [2.45, 2.75) is 51.4 Å². The number of carbonyl (C=O) groups is 2. The smallest absolute Gasteiger partial charge is 0.329 e. The molecule has 1 saturated heterocycles. The molecule has 1 amide bonds. The van der Waals surface area contributed by atoms with E-state index in [4.69, 9.17) is 9.84 Å². The highest BCUT2D eigenvalue weighted by Crippen LogP contribution is 2.24. The number of ether oxygens (including phenoxy) is 1. The fourth-order valence-electron chi connectivity index (χ4n) is 2.10. The second-order valence-corrected chi connectivity index (χ2v) is 4.19. The molecule has 3 unspecified atom stereocenters. The summed E-state index contributed by atoms with van der Waals surface area (Å²) in [7, 11) is 0. The second kappa shape index (κ2) is 5.84. The van der Waals surface area contributed by atoms with Crippen LogP contribution in [-0.4, -0.2) is 47.2 Å². The summed E-state index contributed by atoms with van der Waals surface area (Å²) >= 11 is 0. The van der Waals surface area contributed by atoms with E-state index in [0.29, 0.717) is 19.4 Å². The van der Waals surface area contributed by atoms with Gasteiger partial charge in [0.25, 0.3) is 0 Å². The molecule has 0 aromatic heterocycles. The van der Waals surface area contributed by atoms with Crippen LogP contribution in [0.4, 0.5) is 0 Å². The SMILES string of the molecule is CCCN(C=O)C(C(=O)O)C1CCC(C)O1. The molecule has 0 spiro atoms. The zero-order chi connectivity index (χ0) is 12.1. The van der Waals surface area contributed by atoms with E-state index in [9.17, 15) is 9.59 Å². The first-order valence-electron chi connectivity index (χ1n) is 5.69. The summed E-state index contributed by atoms with van der Waals surface area (Å²) in [6.45, 7) is 4.28. The number of carbonyl (C=O) groups excluding carboxylic acids is 1. The van der Waals surface area contributed by atoms with E-state index in [-0.39, 0.29) is 12.2 Å². The first kappa shape index (κ1) is 13.0. The third-order valence-electron chi connectivity index (χ3n) is 2.84. The molecule has 1 N–H and O–H groups in total. The summed E-state index contributed by atoms with van der Waals surface area (Å²) < 4.78 is 5.53. The average Bonchev–Trinajstić information content (AvgIpc) is 2.63. The van der Waals surface area contributed by atoms with E-state index in [1.807, 2.05) is 13.8 Å². The highest BCUT2D eigenvalue weighted by molar-refractivity contribution is 5.77. The van der Waals surface area contributed by atoms with Crippen LogP contribution in [0.1, 0.15) is 33.1 Å². The molecule has 1 fully saturated rings. The van der Waals surface area contributed by atoms with Gasteiger partial charge in [-0.15, -0.1) is 0 Å². The third kappa shape index (κ3) is 2.95. The molecule has 0 saturated carbocycles. The van der Waals surface area contributed by atoms with Crippen molar-refractivity contribution < 1.29 is 19.4 Å². The van der Waals surface area contributed by atoms with Gasteiger partial charge in [-0.25, -0.2) is 4.79 Å². The molecule has 1 aliphatic rings. The van der Waals surface area contributed by atoms with Gasteiger partial charge in [0.15, 0.2) is 6.04 Å². The van der Waals surface area contributed by atoms with Crippen LogP contribution in [0.15, 0.2) is 0 Å². The molecule has 0 radical (unpaired) electrons. The lowest BCUT2D eigenvalue weighted by molar-refractivity contribution is -0.152. The van der Waals surface area contributed by atoms with Gasteiger partial charge in [0, 0.05) is 6.54 Å². The Morgan fingerprint density at radius 1 is 1.62 bits per heavy atom. The lowest BCUT2D eigenvalue weighted by Crippen LogP contribution is -2.48. The Labute approximate surface area is 95.4 Å². The predicted octanol–water partition coefficient (Wildman–Crippen LogP) is 0.875. The molecule has 1 heterocycles. The number of amides is 1. The molecule has 0 aromatic carbocycles. The molecule has 16 heavy (non-hydrogen) atoms. The van der Waals surface area contributed by atoms with Crippen LogP contribution in [0, 0.1) is 0 Å². The fourth-order valence-corrected chi connectivity index (χ4v) is 2.10. The van der Waals surface area contributed by atoms with Crippen LogP contribution >= 0.6 is 0 Å². The molecule has 0 bridgehead atoms. The molecule has 5 heteroatoms. The van der Waals surface area contributed by atoms with E-state index < -0.39 is 12.0 Å². The molecule has 0 aromatic rings. The van der Waals surface area contributed by atoms with Gasteiger partial charge >= 0.3 is 5.97 Å². The maximum atomic E-state index is 11.2. The molecular formula is C11H19NO4. The maximum Gasteiger partial charge on any atom is 0.329 e. The minimum absolute atomic E-state index is 0.0852. The van der Waals surface area contributed by atoms with Crippen LogP contribution in [0.2, 0.25) is 0 Å². The Bertz CT molecular complexity index is 256. The second-order valence-electron chi connectivity index (χ2n) is 4.19. The molecule has 1 aliphatic heterocycles. The van der Waals surface area contributed by atoms with Crippen molar-refractivity contribution in [2.24, 2.45) is 0 Å². The van der Waals surface area contributed by atoms with E-state index in [0.717, 1.165) is 12.8 Å². The van der Waals surface area contributed by atoms with Gasteiger partial charge in [-0.05, 0) is 26.2 Å². The molecule has 1 rings (SSSR count). The number of rotatable bonds is 6. The summed E-state index contributed by atoms with van der Waals surface area (Å²) in [5.74, 6) is -0.986. The monoisotopic (exact) mass is 229 g/mol. The Kier molecular flexibility index (Phi) is 4.73. The van der Waals surface area contributed by atoms with Gasteiger partial charge in [0.2, 0.25) is 6.41 Å². The summed E-state index contributed by atoms with van der Waals surface area (Å²) in [6, 6.07) is -0.845. The molecule has 92 valence electrons. The largest absolute Gasteiger partial charge is 0.480 e. The maximum absolute atomic E-state index is 11.2. The normalized spacial score (nSPS) is 26.4. The Morgan fingerprint density at radius 2 is 2.31 bits per heavy atom. The standard InChI is InChI=1S/C11H19NO4/c1-3-6-12(7-13)10(11(14)15)9-5-4-8(2)16-9/h7-10H,3-6H2,1-2H3,(H,14,15). The van der Waals surface area contributed by atoms with Crippen molar-refractivity contribution in [3.05, 3.63) is 0 Å². The van der Waals surface area contributed by atoms with Crippen molar-refractivity contribution in [3.63, 3.8) is 0 Å². The number of hydrogen-bond donors (Lipinski definition) is 1. The van der Waals surface area contributed by atoms with Crippen LogP contribution in [-0.2, 0) is 14.3 Å². The number of nitrogens with zero attached hydrogens (tertiary/aromatic N) is 1. The zero-order valence-electron chi connectivity index (χ0n) is 9.76. The topological polar surface area (TPSA) is 66.8 Å². The van der Waals surface area contributed by atoms with Gasteiger partial charge in [-0.2, -0.15) is 0 Å². The Morgan fingerprint density at radius 3 is 2.69 bits per heavy atom. The fraction of sp³-hybridized carbons (Fsp3) is 0.818. The van der Waals surface area contributed by atoms with Crippen LogP contribution in [0.25, 0.3) is 0 Å². The minimum atomic E-state index is -0.986. The van der Waals surface area contributed by atoms with Crippen molar-refractivity contribution in [3.8, 4) is 0 Å². The highest BCUT2D eigenvalue weighted by atomic mass is 16.5. The van der Waals surface area contributed by atoms with E-state index in [1.165, 1.54) is 4.90 Å². The van der Waals surface area contributed by atoms with Gasteiger partial charge in [0.1, 0.15) is 0 Å². The highest BCUT2D eigenvalue weighted by Gasteiger charge is 2.37. The average molecular weight is 229 g/mol. The van der Waals surface area contributed by atoms with Gasteiger partial charge < -0.3 is 14.7 Å². The van der Waals surface area contributed by atoms with Crippen molar-refractivity contribution in [1.82, 2.24) is 4.90 Å². The molecule has 3 atom stereocenters.